The van der Waals surface area contributed by atoms with Crippen molar-refractivity contribution in [1.29, 1.82) is 0 Å². The van der Waals surface area contributed by atoms with Crippen LogP contribution in [0.1, 0.15) is 32.7 Å². The third-order valence-electron chi connectivity index (χ3n) is 4.55. The normalized spacial score (nSPS) is 15.6. The number of rotatable bonds is 1. The molecule has 0 fully saturated rings. The molecule has 2 aromatic carbocycles. The van der Waals surface area contributed by atoms with Crippen LogP contribution in [0.2, 0.25) is 0 Å². The van der Waals surface area contributed by atoms with Gasteiger partial charge in [-0.05, 0) is 60.4 Å². The summed E-state index contributed by atoms with van der Waals surface area (Å²) in [6.45, 7) is 3.74. The van der Waals surface area contributed by atoms with Crippen LogP contribution in [0, 0.1) is 13.8 Å². The summed E-state index contributed by atoms with van der Waals surface area (Å²) in [5.74, 6) is 0.390. The number of ketones is 1. The van der Waals surface area contributed by atoms with E-state index in [0.29, 0.717) is 17.9 Å². The van der Waals surface area contributed by atoms with Crippen molar-refractivity contribution in [3.63, 3.8) is 0 Å². The van der Waals surface area contributed by atoms with Gasteiger partial charge < -0.3 is 10.1 Å². The monoisotopic (exact) mass is 303 g/mol. The number of aromatic hydroxyl groups is 1. The number of fused-ring (bicyclic) bond motifs is 3. The number of carbonyl (C=O) groups excluding carboxylic acids is 1. The molecule has 114 valence electrons. The van der Waals surface area contributed by atoms with Crippen molar-refractivity contribution in [3.8, 4) is 5.75 Å². The van der Waals surface area contributed by atoms with E-state index in [-0.39, 0.29) is 5.78 Å². The van der Waals surface area contributed by atoms with Crippen LogP contribution in [-0.4, -0.2) is 15.9 Å². The molecule has 0 saturated carbocycles. The molecule has 0 atom stereocenters. The maximum absolute atomic E-state index is 12.7. The van der Waals surface area contributed by atoms with E-state index in [9.17, 15) is 9.90 Å². The summed E-state index contributed by atoms with van der Waals surface area (Å²) in [5, 5.41) is 11.0. The minimum Gasteiger partial charge on any atom is -0.507 e. The number of benzene rings is 2. The molecular weight excluding hydrogens is 286 g/mol. The molecule has 3 nitrogen and oxygen atoms in total. The molecule has 0 bridgehead atoms. The summed E-state index contributed by atoms with van der Waals surface area (Å²) >= 11 is 0. The summed E-state index contributed by atoms with van der Waals surface area (Å²) in [5.41, 5.74) is 6.21. The lowest BCUT2D eigenvalue weighted by Gasteiger charge is -2.05. The quantitative estimate of drug-likeness (QED) is 0.658. The van der Waals surface area contributed by atoms with Crippen molar-refractivity contribution in [2.75, 3.05) is 0 Å². The molecule has 3 aromatic rings. The average molecular weight is 303 g/mol. The number of allylic oxidation sites excluding steroid dienone is 1. The van der Waals surface area contributed by atoms with E-state index in [1.54, 1.807) is 0 Å². The zero-order valence-electron chi connectivity index (χ0n) is 13.1. The second kappa shape index (κ2) is 4.85. The second-order valence-electron chi connectivity index (χ2n) is 6.20. The molecule has 0 amide bonds. The Morgan fingerprint density at radius 2 is 1.83 bits per heavy atom. The van der Waals surface area contributed by atoms with Crippen molar-refractivity contribution in [1.82, 2.24) is 4.98 Å². The Morgan fingerprint density at radius 3 is 2.57 bits per heavy atom. The number of H-pyrrole nitrogens is 1. The van der Waals surface area contributed by atoms with Gasteiger partial charge in [-0.2, -0.15) is 0 Å². The maximum Gasteiger partial charge on any atom is 0.205 e. The highest BCUT2D eigenvalue weighted by atomic mass is 16.3. The minimum atomic E-state index is 0.0691. The number of carbonyl (C=O) groups is 1. The number of aryl methyl sites for hydroxylation is 2. The highest BCUT2D eigenvalue weighted by molar-refractivity contribution is 6.17. The van der Waals surface area contributed by atoms with Gasteiger partial charge in [0.05, 0.1) is 5.69 Å². The van der Waals surface area contributed by atoms with E-state index in [1.807, 2.05) is 50.3 Å². The van der Waals surface area contributed by atoms with Crippen LogP contribution < -0.4 is 0 Å². The number of aromatic nitrogens is 1. The Bertz CT molecular complexity index is 969. The summed E-state index contributed by atoms with van der Waals surface area (Å²) in [6, 6.07) is 11.8. The predicted molar refractivity (Wildman–Crippen MR) is 91.9 cm³/mol. The summed E-state index contributed by atoms with van der Waals surface area (Å²) in [7, 11) is 0. The standard InChI is InChI=1S/C20H17NO2/c1-11-7-13(8-12(2)19(11)22)9-14-10-16-15-5-3-4-6-17(15)21-18(16)20(14)23/h3-9,21-22H,10H2,1-2H3/b14-9+. The van der Waals surface area contributed by atoms with E-state index in [0.717, 1.165) is 38.7 Å². The Labute approximate surface area is 134 Å². The zero-order valence-corrected chi connectivity index (χ0v) is 13.1. The van der Waals surface area contributed by atoms with Crippen LogP contribution in [-0.2, 0) is 6.42 Å². The van der Waals surface area contributed by atoms with Gasteiger partial charge in [0.25, 0.3) is 0 Å². The van der Waals surface area contributed by atoms with Gasteiger partial charge in [0.15, 0.2) is 0 Å². The van der Waals surface area contributed by atoms with E-state index < -0.39 is 0 Å². The first-order valence-corrected chi connectivity index (χ1v) is 7.69. The molecule has 0 radical (unpaired) electrons. The Kier molecular flexibility index (Phi) is 2.91. The Morgan fingerprint density at radius 1 is 1.13 bits per heavy atom. The van der Waals surface area contributed by atoms with Crippen molar-refractivity contribution in [2.45, 2.75) is 20.3 Å². The maximum atomic E-state index is 12.7. The fourth-order valence-electron chi connectivity index (χ4n) is 3.40. The fraction of sp³-hybridized carbons (Fsp3) is 0.150. The molecule has 1 aliphatic rings. The second-order valence-corrected chi connectivity index (χ2v) is 6.20. The van der Waals surface area contributed by atoms with Crippen LogP contribution in [0.3, 0.4) is 0 Å². The highest BCUT2D eigenvalue weighted by Gasteiger charge is 2.28. The van der Waals surface area contributed by atoms with Crippen molar-refractivity contribution < 1.29 is 9.90 Å². The molecule has 3 heteroatoms. The molecule has 1 heterocycles. The van der Waals surface area contributed by atoms with Gasteiger partial charge in [0.1, 0.15) is 5.75 Å². The van der Waals surface area contributed by atoms with Crippen LogP contribution in [0.25, 0.3) is 17.0 Å². The van der Waals surface area contributed by atoms with Gasteiger partial charge in [-0.3, -0.25) is 4.79 Å². The topological polar surface area (TPSA) is 53.1 Å². The van der Waals surface area contributed by atoms with E-state index in [4.69, 9.17) is 0 Å². The number of hydrogen-bond donors (Lipinski definition) is 2. The number of phenols is 1. The van der Waals surface area contributed by atoms with Gasteiger partial charge in [-0.1, -0.05) is 18.2 Å². The van der Waals surface area contributed by atoms with Gasteiger partial charge in [0.2, 0.25) is 5.78 Å². The number of aromatic amines is 1. The van der Waals surface area contributed by atoms with Crippen LogP contribution in [0.15, 0.2) is 42.0 Å². The number of phenolic OH excluding ortho intramolecular Hbond substituents is 1. The molecule has 0 unspecified atom stereocenters. The first-order chi connectivity index (χ1) is 11.0. The zero-order chi connectivity index (χ0) is 16.1. The van der Waals surface area contributed by atoms with E-state index in [2.05, 4.69) is 11.1 Å². The molecule has 2 N–H and O–H groups in total. The number of para-hydroxylation sites is 1. The molecule has 4 rings (SSSR count). The Balaban J connectivity index is 1.78. The lowest BCUT2D eigenvalue weighted by Crippen LogP contribution is -1.97. The first-order valence-electron chi connectivity index (χ1n) is 7.69. The number of nitrogens with one attached hydrogen (secondary N) is 1. The van der Waals surface area contributed by atoms with E-state index in [1.165, 1.54) is 0 Å². The number of hydrogen-bond acceptors (Lipinski definition) is 2. The van der Waals surface area contributed by atoms with Gasteiger partial charge in [-0.15, -0.1) is 0 Å². The lowest BCUT2D eigenvalue weighted by molar-refractivity contribution is 0.103. The van der Waals surface area contributed by atoms with Crippen molar-refractivity contribution in [3.05, 3.63) is 69.9 Å². The molecule has 23 heavy (non-hydrogen) atoms. The third-order valence-corrected chi connectivity index (χ3v) is 4.55. The molecule has 1 aliphatic carbocycles. The smallest absolute Gasteiger partial charge is 0.205 e. The van der Waals surface area contributed by atoms with Crippen molar-refractivity contribution >= 4 is 22.8 Å². The Hall–Kier alpha value is -2.81. The average Bonchev–Trinajstić information content (AvgIpc) is 3.03. The van der Waals surface area contributed by atoms with E-state index >= 15 is 0 Å². The van der Waals surface area contributed by atoms with Crippen molar-refractivity contribution in [2.24, 2.45) is 0 Å². The third kappa shape index (κ3) is 2.08. The minimum absolute atomic E-state index is 0.0691. The molecule has 0 saturated heterocycles. The molecular formula is C20H17NO2. The summed E-state index contributed by atoms with van der Waals surface area (Å²) in [4.78, 5) is 15.9. The lowest BCUT2D eigenvalue weighted by atomic mass is 10.0. The first kappa shape index (κ1) is 13.8. The molecule has 0 spiro atoms. The number of Topliss-reactive ketones (excluding diaryl/α,β-unsaturated/α-hetero) is 1. The SMILES string of the molecule is Cc1cc(/C=C2\Cc3c([nH]c4ccccc34)C2=O)cc(C)c1O. The molecule has 0 aliphatic heterocycles. The largest absolute Gasteiger partial charge is 0.507 e. The predicted octanol–water partition coefficient (Wildman–Crippen LogP) is 4.31. The summed E-state index contributed by atoms with van der Waals surface area (Å²) in [6.07, 6.45) is 2.58. The van der Waals surface area contributed by atoms with Crippen LogP contribution >= 0.6 is 0 Å². The van der Waals surface area contributed by atoms with Crippen LogP contribution in [0.5, 0.6) is 5.75 Å². The van der Waals surface area contributed by atoms with Gasteiger partial charge >= 0.3 is 0 Å². The fourth-order valence-corrected chi connectivity index (χ4v) is 3.40. The van der Waals surface area contributed by atoms with Gasteiger partial charge in [-0.25, -0.2) is 0 Å². The van der Waals surface area contributed by atoms with Gasteiger partial charge in [0, 0.05) is 22.9 Å². The summed E-state index contributed by atoms with van der Waals surface area (Å²) < 4.78 is 0. The highest BCUT2D eigenvalue weighted by Crippen LogP contribution is 2.34. The van der Waals surface area contributed by atoms with Crippen LogP contribution in [0.4, 0.5) is 0 Å². The molecule has 1 aromatic heterocycles.